The average Bonchev–Trinajstić information content (AvgIpc) is 3.00. The van der Waals surface area contributed by atoms with Crippen LogP contribution in [0, 0.1) is 31.3 Å². The van der Waals surface area contributed by atoms with Gasteiger partial charge in [0.2, 0.25) is 5.88 Å². The molecule has 0 saturated carbocycles. The van der Waals surface area contributed by atoms with Crippen molar-refractivity contribution in [2.75, 3.05) is 20.6 Å². The van der Waals surface area contributed by atoms with Gasteiger partial charge in [0.25, 0.3) is 0 Å². The molecule has 0 saturated heterocycles. The summed E-state index contributed by atoms with van der Waals surface area (Å²) < 4.78 is 48.3. The minimum absolute atomic E-state index is 0.0249. The average molecular weight is 419 g/mol. The summed E-state index contributed by atoms with van der Waals surface area (Å²) in [6.07, 6.45) is 1.10. The summed E-state index contributed by atoms with van der Waals surface area (Å²) in [7, 11) is 3.89. The number of hydrogen-bond donors (Lipinski definition) is 0. The zero-order valence-corrected chi connectivity index (χ0v) is 17.4. The third-order valence-electron chi connectivity index (χ3n) is 4.81. The van der Waals surface area contributed by atoms with Crippen molar-refractivity contribution < 1.29 is 22.7 Å². The molecule has 2 aromatic heterocycles. The fourth-order valence-corrected chi connectivity index (χ4v) is 3.34. The number of nitrogens with zero attached hydrogens (tertiary/aromatic N) is 3. The monoisotopic (exact) mass is 419 g/mol. The maximum Gasteiger partial charge on any atom is 0.215 e. The van der Waals surface area contributed by atoms with E-state index in [0.717, 1.165) is 30.7 Å². The van der Waals surface area contributed by atoms with Gasteiger partial charge in [0, 0.05) is 12.5 Å². The third kappa shape index (κ3) is 4.48. The number of aryl methyl sites for hydroxylation is 2. The summed E-state index contributed by atoms with van der Waals surface area (Å²) >= 11 is 0. The largest absolute Gasteiger partial charge is 0.473 e. The Morgan fingerprint density at radius 1 is 1.13 bits per heavy atom. The van der Waals surface area contributed by atoms with E-state index in [1.54, 1.807) is 13.0 Å². The lowest BCUT2D eigenvalue weighted by Crippen LogP contribution is -2.14. The topological polar surface area (TPSA) is 46.8 Å². The molecular weight excluding hydrogens is 395 g/mol. The standard InChI is InChI=1S/C22H24F3N3O2/c1-13-10-18-21(19(29)6-5-9-27(3)4)14(2)26-28(18)20(11-13)30-12-15-16(23)7-8-17(24)22(15)25/h7-8,10-11H,5-6,9,12H2,1-4H3. The van der Waals surface area contributed by atoms with Crippen LogP contribution in [0.25, 0.3) is 5.52 Å². The Labute approximate surface area is 173 Å². The fraction of sp³-hybridized carbons (Fsp3) is 0.364. The van der Waals surface area contributed by atoms with Crippen LogP contribution in [0.2, 0.25) is 0 Å². The van der Waals surface area contributed by atoms with E-state index in [4.69, 9.17) is 4.74 Å². The van der Waals surface area contributed by atoms with Crippen LogP contribution >= 0.6 is 0 Å². The van der Waals surface area contributed by atoms with Crippen LogP contribution in [0.3, 0.4) is 0 Å². The Kier molecular flexibility index (Phi) is 6.45. The van der Waals surface area contributed by atoms with Crippen molar-refractivity contribution in [3.63, 3.8) is 0 Å². The van der Waals surface area contributed by atoms with E-state index < -0.39 is 29.6 Å². The third-order valence-corrected chi connectivity index (χ3v) is 4.81. The van der Waals surface area contributed by atoms with E-state index in [-0.39, 0.29) is 11.7 Å². The highest BCUT2D eigenvalue weighted by atomic mass is 19.2. The number of aromatic nitrogens is 2. The smallest absolute Gasteiger partial charge is 0.215 e. The van der Waals surface area contributed by atoms with Crippen molar-refractivity contribution >= 4 is 11.3 Å². The fourth-order valence-electron chi connectivity index (χ4n) is 3.34. The molecule has 0 N–H and O–H groups in total. The number of fused-ring (bicyclic) bond motifs is 1. The highest BCUT2D eigenvalue weighted by Crippen LogP contribution is 2.26. The van der Waals surface area contributed by atoms with E-state index in [1.165, 1.54) is 4.52 Å². The molecule has 0 fully saturated rings. The van der Waals surface area contributed by atoms with E-state index in [9.17, 15) is 18.0 Å². The van der Waals surface area contributed by atoms with E-state index in [0.29, 0.717) is 23.2 Å². The number of hydrogen-bond acceptors (Lipinski definition) is 4. The van der Waals surface area contributed by atoms with E-state index >= 15 is 0 Å². The summed E-state index contributed by atoms with van der Waals surface area (Å²) in [5, 5.41) is 4.39. The molecule has 5 nitrogen and oxygen atoms in total. The van der Waals surface area contributed by atoms with Crippen molar-refractivity contribution in [2.45, 2.75) is 33.3 Å². The van der Waals surface area contributed by atoms with Gasteiger partial charge in [-0.3, -0.25) is 4.79 Å². The molecule has 1 aromatic carbocycles. The Morgan fingerprint density at radius 2 is 1.83 bits per heavy atom. The lowest BCUT2D eigenvalue weighted by atomic mass is 10.0. The van der Waals surface area contributed by atoms with Crippen LogP contribution in [0.15, 0.2) is 24.3 Å². The maximum absolute atomic E-state index is 13.9. The normalized spacial score (nSPS) is 11.5. The van der Waals surface area contributed by atoms with Gasteiger partial charge in [-0.1, -0.05) is 0 Å². The van der Waals surface area contributed by atoms with Crippen LogP contribution in [-0.4, -0.2) is 40.9 Å². The SMILES string of the molecule is Cc1cc(OCc2c(F)ccc(F)c2F)n2nc(C)c(C(=O)CCCN(C)C)c2c1. The zero-order chi connectivity index (χ0) is 22.0. The van der Waals surface area contributed by atoms with Crippen LogP contribution in [-0.2, 0) is 6.61 Å². The first-order valence-corrected chi connectivity index (χ1v) is 9.62. The number of halogens is 3. The molecule has 2 heterocycles. The van der Waals surface area contributed by atoms with Gasteiger partial charge >= 0.3 is 0 Å². The first-order chi connectivity index (χ1) is 14.2. The van der Waals surface area contributed by atoms with Gasteiger partial charge in [0.15, 0.2) is 17.4 Å². The van der Waals surface area contributed by atoms with Gasteiger partial charge in [0.05, 0.1) is 22.3 Å². The van der Waals surface area contributed by atoms with Gasteiger partial charge < -0.3 is 9.64 Å². The van der Waals surface area contributed by atoms with Crippen molar-refractivity contribution in [1.82, 2.24) is 14.5 Å². The molecule has 0 unspecified atom stereocenters. The Bertz CT molecular complexity index is 1090. The molecule has 0 aliphatic heterocycles. The Morgan fingerprint density at radius 3 is 2.53 bits per heavy atom. The van der Waals surface area contributed by atoms with Gasteiger partial charge in [0.1, 0.15) is 12.4 Å². The number of Topliss-reactive ketones (excluding diaryl/α,β-unsaturated/α-hetero) is 1. The maximum atomic E-state index is 13.9. The molecule has 3 rings (SSSR count). The van der Waals surface area contributed by atoms with Crippen LogP contribution in [0.5, 0.6) is 5.88 Å². The minimum Gasteiger partial charge on any atom is -0.473 e. The first kappa shape index (κ1) is 21.8. The van der Waals surface area contributed by atoms with Crippen molar-refractivity contribution in [3.8, 4) is 5.88 Å². The molecule has 0 radical (unpaired) electrons. The molecule has 30 heavy (non-hydrogen) atoms. The van der Waals surface area contributed by atoms with Crippen molar-refractivity contribution in [2.24, 2.45) is 0 Å². The lowest BCUT2D eigenvalue weighted by Gasteiger charge is -2.11. The summed E-state index contributed by atoms with van der Waals surface area (Å²) in [5.41, 5.74) is 1.90. The number of pyridine rings is 1. The number of ether oxygens (including phenoxy) is 1. The van der Waals surface area contributed by atoms with Crippen LogP contribution < -0.4 is 4.74 Å². The summed E-state index contributed by atoms with van der Waals surface area (Å²) in [6, 6.07) is 5.04. The lowest BCUT2D eigenvalue weighted by molar-refractivity contribution is 0.0978. The predicted molar refractivity (Wildman–Crippen MR) is 107 cm³/mol. The van der Waals surface area contributed by atoms with Crippen LogP contribution in [0.1, 0.15) is 40.0 Å². The molecule has 3 aromatic rings. The van der Waals surface area contributed by atoms with Gasteiger partial charge in [-0.15, -0.1) is 0 Å². The summed E-state index contributed by atoms with van der Waals surface area (Å²) in [6.45, 7) is 3.83. The second kappa shape index (κ2) is 8.87. The number of rotatable bonds is 8. The first-order valence-electron chi connectivity index (χ1n) is 9.62. The van der Waals surface area contributed by atoms with Crippen molar-refractivity contribution in [1.29, 1.82) is 0 Å². The molecular formula is C22H24F3N3O2. The second-order valence-electron chi connectivity index (χ2n) is 7.57. The molecule has 0 spiro atoms. The number of ketones is 1. The number of carbonyl (C=O) groups excluding carboxylic acids is 1. The second-order valence-corrected chi connectivity index (χ2v) is 7.57. The molecule has 160 valence electrons. The highest BCUT2D eigenvalue weighted by Gasteiger charge is 2.20. The van der Waals surface area contributed by atoms with E-state index in [2.05, 4.69) is 5.10 Å². The van der Waals surface area contributed by atoms with Gasteiger partial charge in [-0.05, 0) is 64.7 Å². The molecule has 0 bridgehead atoms. The minimum atomic E-state index is -1.28. The predicted octanol–water partition coefficient (Wildman–Crippen LogP) is 4.47. The van der Waals surface area contributed by atoms with Crippen LogP contribution in [0.4, 0.5) is 13.2 Å². The zero-order valence-electron chi connectivity index (χ0n) is 17.4. The number of benzene rings is 1. The Hall–Kier alpha value is -2.87. The summed E-state index contributed by atoms with van der Waals surface area (Å²) in [5.74, 6) is -3.14. The molecule has 0 aliphatic carbocycles. The number of carbonyl (C=O) groups is 1. The molecule has 8 heteroatoms. The van der Waals surface area contributed by atoms with Gasteiger partial charge in [-0.25, -0.2) is 17.7 Å². The van der Waals surface area contributed by atoms with Crippen molar-refractivity contribution in [3.05, 3.63) is 64.1 Å². The van der Waals surface area contributed by atoms with E-state index in [1.807, 2.05) is 32.0 Å². The highest BCUT2D eigenvalue weighted by molar-refractivity contribution is 6.03. The quantitative estimate of drug-likeness (QED) is 0.399. The molecule has 0 amide bonds. The Balaban J connectivity index is 1.92. The summed E-state index contributed by atoms with van der Waals surface area (Å²) in [4.78, 5) is 14.8. The molecule has 0 atom stereocenters. The van der Waals surface area contributed by atoms with Gasteiger partial charge in [-0.2, -0.15) is 5.10 Å². The molecule has 0 aliphatic rings.